The number of carbonyl (C=O) groups excluding carboxylic acids is 3. The van der Waals surface area contributed by atoms with Gasteiger partial charge in [0, 0.05) is 19.3 Å². The first-order valence-electron chi connectivity index (χ1n) is 28.0. The van der Waals surface area contributed by atoms with E-state index in [0.29, 0.717) is 19.3 Å². The summed E-state index contributed by atoms with van der Waals surface area (Å²) in [6.45, 7) is 6.64. The topological polar surface area (TPSA) is 78.9 Å². The summed E-state index contributed by atoms with van der Waals surface area (Å²) in [5.41, 5.74) is 0. The van der Waals surface area contributed by atoms with Crippen LogP contribution in [-0.4, -0.2) is 37.2 Å². The Bertz CT molecular complexity index is 920. The molecule has 1 unspecified atom stereocenters. The molecule has 0 heterocycles. The highest BCUT2D eigenvalue weighted by atomic mass is 16.6. The van der Waals surface area contributed by atoms with Crippen LogP contribution in [-0.2, 0) is 28.6 Å². The highest BCUT2D eigenvalue weighted by Crippen LogP contribution is 2.18. The zero-order valence-electron chi connectivity index (χ0n) is 42.2. The Morgan fingerprint density at radius 1 is 0.258 bits per heavy atom. The van der Waals surface area contributed by atoms with Crippen molar-refractivity contribution in [2.24, 2.45) is 0 Å². The molecule has 0 aromatic heterocycles. The molecule has 0 radical (unpaired) electrons. The summed E-state index contributed by atoms with van der Waals surface area (Å²) in [5.74, 6) is -0.847. The zero-order chi connectivity index (χ0) is 45.1. The van der Waals surface area contributed by atoms with E-state index in [2.05, 4.69) is 20.8 Å². The van der Waals surface area contributed by atoms with E-state index in [-0.39, 0.29) is 31.1 Å². The maximum Gasteiger partial charge on any atom is 0.306 e. The average Bonchev–Trinajstić information content (AvgIpc) is 3.27. The summed E-state index contributed by atoms with van der Waals surface area (Å²) in [4.78, 5) is 37.8. The fourth-order valence-corrected chi connectivity index (χ4v) is 8.62. The molecule has 368 valence electrons. The molecule has 0 fully saturated rings. The lowest BCUT2D eigenvalue weighted by Crippen LogP contribution is -2.30. The van der Waals surface area contributed by atoms with Crippen LogP contribution in [0, 0.1) is 0 Å². The molecule has 0 saturated heterocycles. The highest BCUT2D eigenvalue weighted by Gasteiger charge is 2.19. The predicted octanol–water partition coefficient (Wildman–Crippen LogP) is 18.4. The van der Waals surface area contributed by atoms with E-state index in [1.807, 2.05) is 0 Å². The zero-order valence-corrected chi connectivity index (χ0v) is 42.2. The maximum atomic E-state index is 12.8. The number of carbonyl (C=O) groups is 3. The van der Waals surface area contributed by atoms with Crippen LogP contribution in [0.15, 0.2) is 0 Å². The molecular weight excluding hydrogens is 769 g/mol. The van der Waals surface area contributed by atoms with Crippen LogP contribution < -0.4 is 0 Å². The second kappa shape index (κ2) is 52.0. The first kappa shape index (κ1) is 60.4. The van der Waals surface area contributed by atoms with Gasteiger partial charge in [0.25, 0.3) is 0 Å². The lowest BCUT2D eigenvalue weighted by atomic mass is 10.0. The van der Waals surface area contributed by atoms with Gasteiger partial charge in [0.1, 0.15) is 13.2 Å². The summed E-state index contributed by atoms with van der Waals surface area (Å²) in [5, 5.41) is 0. The SMILES string of the molecule is CCCCCCCCCCCCCCCCCCCCCC(=O)OCC(COC(=O)CCCCCCCC)OC(=O)CCCCCCCCCCCCCCCCCCCCC. The molecule has 6 nitrogen and oxygen atoms in total. The molecule has 62 heavy (non-hydrogen) atoms. The van der Waals surface area contributed by atoms with Gasteiger partial charge in [-0.1, -0.05) is 284 Å². The predicted molar refractivity (Wildman–Crippen MR) is 266 cm³/mol. The normalized spacial score (nSPS) is 11.9. The molecule has 0 aliphatic rings. The summed E-state index contributed by atoms with van der Waals surface area (Å²) in [7, 11) is 0. The number of unbranched alkanes of at least 4 members (excludes halogenated alkanes) is 41. The van der Waals surface area contributed by atoms with Crippen LogP contribution in [0.1, 0.15) is 323 Å². The van der Waals surface area contributed by atoms with Gasteiger partial charge in [-0.15, -0.1) is 0 Å². The van der Waals surface area contributed by atoms with Crippen molar-refractivity contribution in [2.75, 3.05) is 13.2 Å². The number of hydrogen-bond donors (Lipinski definition) is 0. The van der Waals surface area contributed by atoms with Crippen LogP contribution in [0.4, 0.5) is 0 Å². The van der Waals surface area contributed by atoms with Crippen molar-refractivity contribution in [3.05, 3.63) is 0 Å². The largest absolute Gasteiger partial charge is 0.462 e. The van der Waals surface area contributed by atoms with Gasteiger partial charge < -0.3 is 14.2 Å². The smallest absolute Gasteiger partial charge is 0.306 e. The first-order chi connectivity index (χ1) is 30.5. The minimum atomic E-state index is -0.759. The van der Waals surface area contributed by atoms with Crippen molar-refractivity contribution in [1.29, 1.82) is 0 Å². The minimum Gasteiger partial charge on any atom is -0.462 e. The summed E-state index contributed by atoms with van der Waals surface area (Å²) >= 11 is 0. The number of rotatable bonds is 52. The molecule has 0 spiro atoms. The van der Waals surface area contributed by atoms with Crippen LogP contribution >= 0.6 is 0 Å². The fourth-order valence-electron chi connectivity index (χ4n) is 8.62. The van der Waals surface area contributed by atoms with Crippen molar-refractivity contribution in [3.8, 4) is 0 Å². The van der Waals surface area contributed by atoms with Gasteiger partial charge in [0.2, 0.25) is 0 Å². The van der Waals surface area contributed by atoms with Gasteiger partial charge in [0.15, 0.2) is 6.10 Å². The summed E-state index contributed by atoms with van der Waals surface area (Å²) in [6, 6.07) is 0. The second-order valence-electron chi connectivity index (χ2n) is 19.2. The summed E-state index contributed by atoms with van der Waals surface area (Å²) < 4.78 is 16.8. The highest BCUT2D eigenvalue weighted by molar-refractivity contribution is 5.71. The maximum absolute atomic E-state index is 12.8. The van der Waals surface area contributed by atoms with Crippen molar-refractivity contribution in [1.82, 2.24) is 0 Å². The Hall–Kier alpha value is -1.59. The van der Waals surface area contributed by atoms with Crippen LogP contribution in [0.5, 0.6) is 0 Å². The standard InChI is InChI=1S/C56H108O6/c1-4-7-10-13-16-18-20-22-24-26-28-30-32-34-36-38-40-43-46-49-55(58)61-52-53(51-60-54(57)48-45-42-15-12-9-6-3)62-56(59)50-47-44-41-39-37-35-33-31-29-27-25-23-21-19-17-14-11-8-5-2/h53H,4-52H2,1-3H3. The molecule has 0 rings (SSSR count). The van der Waals surface area contributed by atoms with E-state index >= 15 is 0 Å². The molecular formula is C56H108O6. The van der Waals surface area contributed by atoms with Crippen molar-refractivity contribution in [2.45, 2.75) is 329 Å². The molecule has 0 aromatic carbocycles. The monoisotopic (exact) mass is 877 g/mol. The van der Waals surface area contributed by atoms with E-state index in [0.717, 1.165) is 57.8 Å². The summed E-state index contributed by atoms with van der Waals surface area (Å²) in [6.07, 6.45) is 57.0. The molecule has 0 aliphatic heterocycles. The van der Waals surface area contributed by atoms with Crippen molar-refractivity contribution in [3.63, 3.8) is 0 Å². The first-order valence-corrected chi connectivity index (χ1v) is 28.0. The van der Waals surface area contributed by atoms with Gasteiger partial charge in [0.05, 0.1) is 0 Å². The Morgan fingerprint density at radius 2 is 0.435 bits per heavy atom. The van der Waals surface area contributed by atoms with E-state index in [9.17, 15) is 14.4 Å². The van der Waals surface area contributed by atoms with E-state index in [1.165, 1.54) is 225 Å². The number of ether oxygens (including phenoxy) is 3. The van der Waals surface area contributed by atoms with Gasteiger partial charge in [-0.2, -0.15) is 0 Å². The molecule has 0 aliphatic carbocycles. The minimum absolute atomic E-state index is 0.0623. The third-order valence-electron chi connectivity index (χ3n) is 12.9. The molecule has 0 amide bonds. The molecule has 6 heteroatoms. The van der Waals surface area contributed by atoms with E-state index < -0.39 is 6.10 Å². The van der Waals surface area contributed by atoms with Crippen LogP contribution in [0.3, 0.4) is 0 Å². The second-order valence-corrected chi connectivity index (χ2v) is 19.2. The van der Waals surface area contributed by atoms with Gasteiger partial charge in [-0.05, 0) is 19.3 Å². The Labute approximate surface area is 387 Å². The van der Waals surface area contributed by atoms with Crippen LogP contribution in [0.2, 0.25) is 0 Å². The van der Waals surface area contributed by atoms with Gasteiger partial charge in [-0.3, -0.25) is 14.4 Å². The van der Waals surface area contributed by atoms with Crippen molar-refractivity contribution < 1.29 is 28.6 Å². The third kappa shape index (κ3) is 49.4. The molecule has 0 N–H and O–H groups in total. The quantitative estimate of drug-likeness (QED) is 0.0344. The molecule has 1 atom stereocenters. The Kier molecular flexibility index (Phi) is 50.7. The van der Waals surface area contributed by atoms with E-state index in [4.69, 9.17) is 14.2 Å². The van der Waals surface area contributed by atoms with Gasteiger partial charge >= 0.3 is 17.9 Å². The third-order valence-corrected chi connectivity index (χ3v) is 12.9. The molecule has 0 aromatic rings. The van der Waals surface area contributed by atoms with Gasteiger partial charge in [-0.25, -0.2) is 0 Å². The lowest BCUT2D eigenvalue weighted by Gasteiger charge is -2.18. The van der Waals surface area contributed by atoms with Crippen molar-refractivity contribution >= 4 is 17.9 Å². The number of esters is 3. The average molecular weight is 877 g/mol. The van der Waals surface area contributed by atoms with Crippen LogP contribution in [0.25, 0.3) is 0 Å². The number of hydrogen-bond acceptors (Lipinski definition) is 6. The Morgan fingerprint density at radius 3 is 0.645 bits per heavy atom. The molecule has 0 saturated carbocycles. The molecule has 0 bridgehead atoms. The lowest BCUT2D eigenvalue weighted by molar-refractivity contribution is -0.167. The Balaban J connectivity index is 4.09. The fraction of sp³-hybridized carbons (Fsp3) is 0.946. The van der Waals surface area contributed by atoms with E-state index in [1.54, 1.807) is 0 Å².